The van der Waals surface area contributed by atoms with Crippen molar-refractivity contribution in [1.29, 1.82) is 5.41 Å². The van der Waals surface area contributed by atoms with Crippen LogP contribution in [-0.2, 0) is 17.6 Å². The van der Waals surface area contributed by atoms with Gasteiger partial charge in [-0.25, -0.2) is 27.5 Å². The van der Waals surface area contributed by atoms with Crippen LogP contribution in [0.25, 0.3) is 16.7 Å². The van der Waals surface area contributed by atoms with Crippen LogP contribution in [0.1, 0.15) is 140 Å². The first kappa shape index (κ1) is 45.4. The number of halogens is 4. The summed E-state index contributed by atoms with van der Waals surface area (Å²) < 4.78 is 65.8. The van der Waals surface area contributed by atoms with E-state index >= 15 is 4.79 Å². The number of ether oxygens (including phenoxy) is 1. The van der Waals surface area contributed by atoms with Crippen molar-refractivity contribution in [2.75, 3.05) is 31.5 Å². The lowest BCUT2D eigenvalue weighted by molar-refractivity contribution is -0.179. The van der Waals surface area contributed by atoms with E-state index in [2.05, 4.69) is 44.8 Å². The highest BCUT2D eigenvalue weighted by Crippen LogP contribution is 2.41. The first-order chi connectivity index (χ1) is 28.1. The number of nitrogens with one attached hydrogen (secondary N) is 2. The molecule has 6 rings (SSSR count). The first-order valence-corrected chi connectivity index (χ1v) is 21.8. The van der Waals surface area contributed by atoms with Crippen molar-refractivity contribution in [3.63, 3.8) is 0 Å². The van der Waals surface area contributed by atoms with Crippen molar-refractivity contribution in [2.45, 2.75) is 143 Å². The molecule has 1 unspecified atom stereocenters. The van der Waals surface area contributed by atoms with Gasteiger partial charge in [-0.1, -0.05) is 47.1 Å². The number of alkyl halides is 2. The van der Waals surface area contributed by atoms with Crippen molar-refractivity contribution in [3.05, 3.63) is 92.2 Å². The van der Waals surface area contributed by atoms with E-state index < -0.39 is 23.5 Å². The Kier molecular flexibility index (Phi) is 13.4. The van der Waals surface area contributed by atoms with Gasteiger partial charge in [0.25, 0.3) is 5.56 Å². The van der Waals surface area contributed by atoms with Crippen molar-refractivity contribution in [2.24, 2.45) is 11.8 Å². The van der Waals surface area contributed by atoms with Gasteiger partial charge >= 0.3 is 0 Å². The number of nitrogens with zero attached hydrogens (tertiary/aromatic N) is 4. The van der Waals surface area contributed by atoms with Gasteiger partial charge in [-0.05, 0) is 113 Å². The molecule has 2 aromatic heterocycles. The van der Waals surface area contributed by atoms with Crippen LogP contribution in [0.15, 0.2) is 41.2 Å². The normalized spacial score (nSPS) is 18.7. The molecule has 0 bridgehead atoms. The average Bonchev–Trinajstić information content (AvgIpc) is 3.12. The Morgan fingerprint density at radius 3 is 2.18 bits per heavy atom. The topological polar surface area (TPSA) is 96.1 Å². The monoisotopic (exact) mass is 833 g/mol. The summed E-state index contributed by atoms with van der Waals surface area (Å²) in [4.78, 5) is 28.0. The maximum atomic E-state index is 15.4. The molecule has 12 heteroatoms. The van der Waals surface area contributed by atoms with E-state index in [9.17, 15) is 23.0 Å². The fraction of sp³-hybridized carbons (Fsp3) is 0.583. The van der Waals surface area contributed by atoms with Crippen molar-refractivity contribution < 1.29 is 22.3 Å². The minimum atomic E-state index is -2.71. The van der Waals surface area contributed by atoms with E-state index in [0.717, 1.165) is 43.1 Å². The number of hydrogen-bond acceptors (Lipinski definition) is 7. The number of anilines is 1. The summed E-state index contributed by atoms with van der Waals surface area (Å²) in [5.41, 5.74) is 4.23. The maximum absolute atomic E-state index is 15.4. The number of aromatic nitrogens is 3. The number of pyridine rings is 1. The molecule has 0 radical (unpaired) electrons. The number of fused-ring (bicyclic) bond motifs is 1. The van der Waals surface area contributed by atoms with E-state index in [1.165, 1.54) is 12.1 Å². The van der Waals surface area contributed by atoms with Crippen LogP contribution >= 0.6 is 0 Å². The van der Waals surface area contributed by atoms with Gasteiger partial charge in [0.1, 0.15) is 17.5 Å². The molecule has 60 heavy (non-hydrogen) atoms. The second-order valence-corrected chi connectivity index (χ2v) is 19.2. The Hall–Kier alpha value is -4.16. The van der Waals surface area contributed by atoms with Crippen molar-refractivity contribution in [1.82, 2.24) is 19.4 Å². The van der Waals surface area contributed by atoms with Gasteiger partial charge in [-0.3, -0.25) is 14.3 Å². The van der Waals surface area contributed by atoms with E-state index in [1.54, 1.807) is 4.57 Å². The third kappa shape index (κ3) is 10.1. The predicted octanol–water partition coefficient (Wildman–Crippen LogP) is 10.9. The van der Waals surface area contributed by atoms with Crippen LogP contribution in [-0.4, -0.2) is 68.5 Å². The van der Waals surface area contributed by atoms with Gasteiger partial charge in [0, 0.05) is 73.9 Å². The molecule has 2 fully saturated rings. The predicted molar refractivity (Wildman–Crippen MR) is 234 cm³/mol. The molecule has 4 aromatic rings. The zero-order chi connectivity index (χ0) is 43.9. The number of rotatable bonds is 14. The van der Waals surface area contributed by atoms with Gasteiger partial charge < -0.3 is 15.5 Å². The maximum Gasteiger partial charge on any atom is 0.267 e. The van der Waals surface area contributed by atoms with Crippen LogP contribution < -0.4 is 10.9 Å². The van der Waals surface area contributed by atoms with Gasteiger partial charge in [-0.2, -0.15) is 0 Å². The van der Waals surface area contributed by atoms with Crippen LogP contribution in [0.3, 0.4) is 0 Å². The fourth-order valence-electron chi connectivity index (χ4n) is 9.55. The summed E-state index contributed by atoms with van der Waals surface area (Å²) >= 11 is 0. The number of aryl methyl sites for hydroxylation is 2. The van der Waals surface area contributed by atoms with Gasteiger partial charge in [0.2, 0.25) is 5.92 Å². The van der Waals surface area contributed by atoms with E-state index in [-0.39, 0.29) is 72.3 Å². The molecule has 1 aliphatic carbocycles. The Labute approximate surface area is 353 Å². The molecular weight excluding hydrogens is 769 g/mol. The summed E-state index contributed by atoms with van der Waals surface area (Å²) in [6.07, 6.45) is 1.85. The van der Waals surface area contributed by atoms with Crippen LogP contribution in [0, 0.1) is 35.8 Å². The molecule has 0 amide bonds. The third-order valence-electron chi connectivity index (χ3n) is 12.1. The zero-order valence-electron chi connectivity index (χ0n) is 37.2. The van der Waals surface area contributed by atoms with E-state index in [4.69, 9.17) is 14.7 Å². The number of morpholine rings is 1. The molecule has 3 heterocycles. The quantitative estimate of drug-likeness (QED) is 0.0970. The zero-order valence-corrected chi connectivity index (χ0v) is 37.2. The highest BCUT2D eigenvalue weighted by atomic mass is 19.3. The molecule has 2 aliphatic rings. The lowest BCUT2D eigenvalue weighted by atomic mass is 9.84. The SMILES string of the molecule is CCCc1ccc(-n2c(C(Cc3cc(F)cc(F)c3)C(C)C)nc3nc(C4CCC(F)(F)CC4)cc(C)c3c2=O)c(NCCN2CC(C)(C)OC(C)(C)C2)c1C(=N)C(C)C. The molecule has 8 nitrogen and oxygen atoms in total. The Morgan fingerprint density at radius 1 is 0.967 bits per heavy atom. The van der Waals surface area contributed by atoms with Crippen molar-refractivity contribution >= 4 is 22.4 Å². The second-order valence-electron chi connectivity index (χ2n) is 19.2. The first-order valence-electron chi connectivity index (χ1n) is 21.8. The number of hydrogen-bond donors (Lipinski definition) is 2. The van der Waals surface area contributed by atoms with Crippen LogP contribution in [0.5, 0.6) is 0 Å². The standard InChI is InChI=1S/C48H64F4N6O2/c1-11-12-33-13-14-38(42(40(33)41(53)29(4)5)54-19-20-57-26-46(7,8)60-47(9,10)27-57)58-44(36(28(2)3)24-31-22-34(49)25-35(50)23-31)56-43-39(45(58)59)30(6)21-37(55-43)32-15-17-48(51,52)18-16-32/h13-14,21-23,25,28-29,32,36,53-54H,11-12,15-20,24,26-27H2,1-10H3. The van der Waals surface area contributed by atoms with E-state index in [1.807, 2.05) is 52.8 Å². The van der Waals surface area contributed by atoms with Crippen molar-refractivity contribution in [3.8, 4) is 5.69 Å². The number of benzene rings is 2. The second kappa shape index (κ2) is 17.7. The molecular formula is C48H64F4N6O2. The van der Waals surface area contributed by atoms with Gasteiger partial charge in [0.05, 0.1) is 28.0 Å². The minimum absolute atomic E-state index is 0.126. The largest absolute Gasteiger partial charge is 0.382 e. The van der Waals surface area contributed by atoms with Gasteiger partial charge in [-0.15, -0.1) is 0 Å². The van der Waals surface area contributed by atoms with Gasteiger partial charge in [0.15, 0.2) is 5.65 Å². The molecule has 1 aliphatic heterocycles. The Bertz CT molecular complexity index is 2240. The van der Waals surface area contributed by atoms with Crippen LogP contribution in [0.4, 0.5) is 23.2 Å². The summed E-state index contributed by atoms with van der Waals surface area (Å²) in [6, 6.07) is 9.24. The fourth-order valence-corrected chi connectivity index (χ4v) is 9.55. The average molecular weight is 833 g/mol. The van der Waals surface area contributed by atoms with E-state index in [0.29, 0.717) is 58.2 Å². The molecule has 2 N–H and O–H groups in total. The molecule has 1 saturated heterocycles. The molecule has 1 saturated carbocycles. The summed E-state index contributed by atoms with van der Waals surface area (Å²) in [5.74, 6) is -4.73. The highest BCUT2D eigenvalue weighted by Gasteiger charge is 2.39. The molecule has 1 atom stereocenters. The Balaban J connectivity index is 1.59. The Morgan fingerprint density at radius 2 is 1.60 bits per heavy atom. The third-order valence-corrected chi connectivity index (χ3v) is 12.1. The van der Waals surface area contributed by atoms with Crippen LogP contribution in [0.2, 0.25) is 0 Å². The highest BCUT2D eigenvalue weighted by molar-refractivity contribution is 6.07. The molecule has 0 spiro atoms. The minimum Gasteiger partial charge on any atom is -0.382 e. The summed E-state index contributed by atoms with van der Waals surface area (Å²) in [6.45, 7) is 23.0. The lowest BCUT2D eigenvalue weighted by Gasteiger charge is -2.47. The smallest absolute Gasteiger partial charge is 0.267 e. The molecule has 2 aromatic carbocycles. The summed E-state index contributed by atoms with van der Waals surface area (Å²) in [5, 5.41) is 13.5. The molecule has 326 valence electrons. The lowest BCUT2D eigenvalue weighted by Crippen LogP contribution is -2.57. The summed E-state index contributed by atoms with van der Waals surface area (Å²) in [7, 11) is 0.